The van der Waals surface area contributed by atoms with Gasteiger partial charge in [0, 0.05) is 25.2 Å². The van der Waals surface area contributed by atoms with Gasteiger partial charge in [-0.1, -0.05) is 116 Å². The second-order valence-electron chi connectivity index (χ2n) is 12.6. The van der Waals surface area contributed by atoms with Crippen molar-refractivity contribution in [3.05, 3.63) is 12.2 Å². The topological polar surface area (TPSA) is 134 Å². The Labute approximate surface area is 261 Å². The maximum atomic E-state index is 12.2. The first kappa shape index (κ1) is 39.5. The summed E-state index contributed by atoms with van der Waals surface area (Å²) >= 11 is 0. The lowest BCUT2D eigenvalue weighted by Crippen LogP contribution is -2.28. The van der Waals surface area contributed by atoms with Crippen molar-refractivity contribution in [2.24, 2.45) is 11.8 Å². The first-order valence-corrected chi connectivity index (χ1v) is 17.5. The van der Waals surface area contributed by atoms with Crippen molar-refractivity contribution in [2.75, 3.05) is 13.2 Å². The lowest BCUT2D eigenvalue weighted by Gasteiger charge is -2.21. The van der Waals surface area contributed by atoms with Crippen molar-refractivity contribution in [1.82, 2.24) is 0 Å². The maximum Gasteiger partial charge on any atom is 0.306 e. The monoisotopic (exact) mass is 612 g/mol. The molecule has 1 rings (SSSR count). The number of rotatable bonds is 27. The molecule has 252 valence electrons. The summed E-state index contributed by atoms with van der Waals surface area (Å²) in [6.45, 7) is 3.83. The molecule has 4 N–H and O–H groups in total. The third-order valence-corrected chi connectivity index (χ3v) is 8.66. The molecule has 43 heavy (non-hydrogen) atoms. The van der Waals surface area contributed by atoms with Gasteiger partial charge < -0.3 is 29.9 Å². The number of carbonyl (C=O) groups is 2. The SMILES string of the molecule is CCCCCCCCCCCC(=O)OC[C@H](CO)OC(=O)CCCCCC[C@@H]1[C@@H](/C=C/[C@@H](O)CCCCC)[C@H](O)C[C@@H]1O. The highest BCUT2D eigenvalue weighted by atomic mass is 16.6. The van der Waals surface area contributed by atoms with E-state index in [0.29, 0.717) is 25.7 Å². The van der Waals surface area contributed by atoms with Gasteiger partial charge in [0.2, 0.25) is 0 Å². The van der Waals surface area contributed by atoms with Crippen LogP contribution in [0.5, 0.6) is 0 Å². The Morgan fingerprint density at radius 1 is 0.767 bits per heavy atom. The van der Waals surface area contributed by atoms with E-state index < -0.39 is 37.0 Å². The van der Waals surface area contributed by atoms with E-state index in [-0.39, 0.29) is 30.8 Å². The fraction of sp³-hybridized carbons (Fsp3) is 0.886. The molecule has 1 aliphatic rings. The average Bonchev–Trinajstić information content (AvgIpc) is 3.26. The minimum atomic E-state index is -0.843. The summed E-state index contributed by atoms with van der Waals surface area (Å²) < 4.78 is 10.5. The summed E-state index contributed by atoms with van der Waals surface area (Å²) in [5.74, 6) is -0.919. The molecule has 8 nitrogen and oxygen atoms in total. The zero-order chi connectivity index (χ0) is 31.7. The predicted octanol–water partition coefficient (Wildman–Crippen LogP) is 6.55. The first-order chi connectivity index (χ1) is 20.8. The largest absolute Gasteiger partial charge is 0.462 e. The maximum absolute atomic E-state index is 12.2. The Hall–Kier alpha value is -1.48. The number of unbranched alkanes of at least 4 members (excludes halogenated alkanes) is 13. The third kappa shape index (κ3) is 19.5. The Bertz CT molecular complexity index is 727. The van der Waals surface area contributed by atoms with Crippen molar-refractivity contribution in [3.8, 4) is 0 Å². The van der Waals surface area contributed by atoms with Crippen molar-refractivity contribution >= 4 is 11.9 Å². The van der Waals surface area contributed by atoms with Crippen LogP contribution in [0.1, 0.15) is 149 Å². The lowest BCUT2D eigenvalue weighted by molar-refractivity contribution is -0.161. The fourth-order valence-corrected chi connectivity index (χ4v) is 5.94. The Morgan fingerprint density at radius 3 is 1.95 bits per heavy atom. The smallest absolute Gasteiger partial charge is 0.306 e. The third-order valence-electron chi connectivity index (χ3n) is 8.66. The molecule has 8 heteroatoms. The van der Waals surface area contributed by atoms with Crippen LogP contribution in [0.3, 0.4) is 0 Å². The summed E-state index contributed by atoms with van der Waals surface area (Å²) in [4.78, 5) is 24.2. The van der Waals surface area contributed by atoms with Crippen LogP contribution in [0.25, 0.3) is 0 Å². The van der Waals surface area contributed by atoms with E-state index in [4.69, 9.17) is 9.47 Å². The van der Waals surface area contributed by atoms with Gasteiger partial charge in [-0.3, -0.25) is 9.59 Å². The van der Waals surface area contributed by atoms with E-state index in [1.165, 1.54) is 38.5 Å². The van der Waals surface area contributed by atoms with Crippen LogP contribution in [-0.4, -0.2) is 70.0 Å². The molecule has 1 aliphatic carbocycles. The number of aliphatic hydroxyl groups excluding tert-OH is 4. The molecule has 0 aromatic rings. The molecule has 1 saturated carbocycles. The van der Waals surface area contributed by atoms with Crippen LogP contribution in [0.15, 0.2) is 12.2 Å². The van der Waals surface area contributed by atoms with Crippen LogP contribution in [0.4, 0.5) is 0 Å². The number of aliphatic hydroxyl groups is 4. The van der Waals surface area contributed by atoms with Gasteiger partial charge in [-0.2, -0.15) is 0 Å². The lowest BCUT2D eigenvalue weighted by atomic mass is 9.88. The van der Waals surface area contributed by atoms with Gasteiger partial charge >= 0.3 is 11.9 Å². The second kappa shape index (κ2) is 25.8. The Kier molecular flexibility index (Phi) is 23.7. The molecule has 0 radical (unpaired) electrons. The average molecular weight is 613 g/mol. The van der Waals surface area contributed by atoms with E-state index in [9.17, 15) is 30.0 Å². The van der Waals surface area contributed by atoms with Gasteiger partial charge in [-0.05, 0) is 31.6 Å². The first-order valence-electron chi connectivity index (χ1n) is 17.5. The summed E-state index contributed by atoms with van der Waals surface area (Å²) in [5, 5.41) is 40.6. The van der Waals surface area contributed by atoms with Crippen molar-refractivity contribution in [2.45, 2.75) is 173 Å². The van der Waals surface area contributed by atoms with E-state index in [2.05, 4.69) is 13.8 Å². The molecule has 0 spiro atoms. The molecule has 0 saturated heterocycles. The number of hydrogen-bond acceptors (Lipinski definition) is 8. The predicted molar refractivity (Wildman–Crippen MR) is 170 cm³/mol. The summed E-state index contributed by atoms with van der Waals surface area (Å²) in [5.41, 5.74) is 0. The minimum Gasteiger partial charge on any atom is -0.462 e. The van der Waals surface area contributed by atoms with Gasteiger partial charge in [0.1, 0.15) is 6.61 Å². The van der Waals surface area contributed by atoms with Gasteiger partial charge in [0.25, 0.3) is 0 Å². The normalized spacial score (nSPS) is 21.7. The molecule has 0 bridgehead atoms. The van der Waals surface area contributed by atoms with Crippen LogP contribution >= 0.6 is 0 Å². The van der Waals surface area contributed by atoms with Gasteiger partial charge in [0.15, 0.2) is 6.10 Å². The molecule has 0 aromatic carbocycles. The van der Waals surface area contributed by atoms with E-state index in [1.807, 2.05) is 6.08 Å². The number of hydrogen-bond donors (Lipinski definition) is 4. The molecule has 6 atom stereocenters. The van der Waals surface area contributed by atoms with Crippen LogP contribution in [0, 0.1) is 11.8 Å². The summed E-state index contributed by atoms with van der Waals surface area (Å²) in [6, 6.07) is 0. The van der Waals surface area contributed by atoms with Crippen LogP contribution in [0.2, 0.25) is 0 Å². The molecular weight excluding hydrogens is 548 g/mol. The highest BCUT2D eigenvalue weighted by molar-refractivity contribution is 5.70. The number of carbonyl (C=O) groups excluding carboxylic acids is 2. The Balaban J connectivity index is 2.17. The van der Waals surface area contributed by atoms with Crippen molar-refractivity contribution < 1.29 is 39.5 Å². The molecule has 0 amide bonds. The highest BCUT2D eigenvalue weighted by Gasteiger charge is 2.39. The zero-order valence-corrected chi connectivity index (χ0v) is 27.3. The van der Waals surface area contributed by atoms with Gasteiger partial charge in [-0.25, -0.2) is 0 Å². The van der Waals surface area contributed by atoms with Gasteiger partial charge in [-0.15, -0.1) is 0 Å². The molecule has 1 fully saturated rings. The molecule has 0 unspecified atom stereocenters. The van der Waals surface area contributed by atoms with E-state index in [0.717, 1.165) is 64.2 Å². The quantitative estimate of drug-likeness (QED) is 0.0466. The summed E-state index contributed by atoms with van der Waals surface area (Å²) in [6.07, 6.45) is 20.6. The minimum absolute atomic E-state index is 0.0348. The van der Waals surface area contributed by atoms with E-state index >= 15 is 0 Å². The standard InChI is InChI=1S/C35H64O8/c1-3-5-7-8-9-10-11-12-17-21-34(40)42-27-29(26-36)43-35(41)22-18-14-13-16-20-30-31(33(39)25-32(30)38)24-23-28(37)19-15-6-4-2/h23-24,28-33,36-39H,3-22,25-27H2,1-2H3/b24-23+/t28-,29-,30+,31+,32-,33+/m0/s1. The summed E-state index contributed by atoms with van der Waals surface area (Å²) in [7, 11) is 0. The highest BCUT2D eigenvalue weighted by Crippen LogP contribution is 2.37. The molecular formula is C35H64O8. The number of ether oxygens (including phenoxy) is 2. The zero-order valence-electron chi connectivity index (χ0n) is 27.3. The van der Waals surface area contributed by atoms with Crippen molar-refractivity contribution in [1.29, 1.82) is 0 Å². The van der Waals surface area contributed by atoms with E-state index in [1.54, 1.807) is 6.08 Å². The molecule has 0 aliphatic heterocycles. The second-order valence-corrected chi connectivity index (χ2v) is 12.6. The van der Waals surface area contributed by atoms with Crippen LogP contribution < -0.4 is 0 Å². The molecule has 0 aromatic heterocycles. The van der Waals surface area contributed by atoms with Crippen molar-refractivity contribution in [3.63, 3.8) is 0 Å². The van der Waals surface area contributed by atoms with Gasteiger partial charge in [0.05, 0.1) is 24.9 Å². The Morgan fingerprint density at radius 2 is 1.33 bits per heavy atom. The molecule has 0 heterocycles. The van der Waals surface area contributed by atoms with Crippen LogP contribution in [-0.2, 0) is 19.1 Å². The number of esters is 2. The fourth-order valence-electron chi connectivity index (χ4n) is 5.94.